The van der Waals surface area contributed by atoms with Gasteiger partial charge in [0, 0.05) is 30.8 Å². The summed E-state index contributed by atoms with van der Waals surface area (Å²) in [6.07, 6.45) is 1.43. The van der Waals surface area contributed by atoms with Crippen LogP contribution in [0.3, 0.4) is 0 Å². The molecule has 0 radical (unpaired) electrons. The Morgan fingerprint density at radius 1 is 1.22 bits per heavy atom. The lowest BCUT2D eigenvalue weighted by molar-refractivity contribution is -0.130. The molecule has 2 rings (SSSR count). The van der Waals surface area contributed by atoms with Crippen LogP contribution in [0.5, 0.6) is 0 Å². The second kappa shape index (κ2) is 8.72. The third-order valence-corrected chi connectivity index (χ3v) is 4.61. The first-order valence-electron chi connectivity index (χ1n) is 8.04. The second-order valence-electron chi connectivity index (χ2n) is 5.35. The zero-order valence-corrected chi connectivity index (χ0v) is 14.8. The van der Waals surface area contributed by atoms with Crippen LogP contribution in [0.15, 0.2) is 29.4 Å². The molecule has 0 aliphatic rings. The molecule has 0 bridgehead atoms. The number of aromatic amines is 1. The van der Waals surface area contributed by atoms with Crippen LogP contribution in [0.25, 0.3) is 11.4 Å². The molecule has 0 spiro atoms. The minimum Gasteiger partial charge on any atom is -0.343 e. The number of nitrogens with one attached hydrogen (secondary N) is 1. The van der Waals surface area contributed by atoms with Crippen molar-refractivity contribution in [3.8, 4) is 11.4 Å². The van der Waals surface area contributed by atoms with Gasteiger partial charge in [-0.2, -0.15) is 0 Å². The zero-order valence-electron chi connectivity index (χ0n) is 14.0. The van der Waals surface area contributed by atoms with E-state index < -0.39 is 0 Å². The topological polar surface area (TPSA) is 61.9 Å². The fraction of sp³-hybridized carbons (Fsp3) is 0.471. The van der Waals surface area contributed by atoms with Gasteiger partial charge in [0.05, 0.1) is 0 Å². The van der Waals surface area contributed by atoms with Gasteiger partial charge in [-0.25, -0.2) is 4.98 Å². The quantitative estimate of drug-likeness (QED) is 0.593. The molecule has 0 atom stereocenters. The highest BCUT2D eigenvalue weighted by Crippen LogP contribution is 2.20. The van der Waals surface area contributed by atoms with Gasteiger partial charge in [-0.3, -0.25) is 9.89 Å². The fourth-order valence-electron chi connectivity index (χ4n) is 2.27. The van der Waals surface area contributed by atoms with Crippen LogP contribution in [0.4, 0.5) is 0 Å². The van der Waals surface area contributed by atoms with E-state index in [1.165, 1.54) is 5.56 Å². The first kappa shape index (κ1) is 17.5. The van der Waals surface area contributed by atoms with Crippen molar-refractivity contribution in [2.24, 2.45) is 0 Å². The number of aromatic nitrogens is 3. The predicted molar refractivity (Wildman–Crippen MR) is 94.4 cm³/mol. The van der Waals surface area contributed by atoms with E-state index in [1.807, 2.05) is 30.9 Å². The van der Waals surface area contributed by atoms with Gasteiger partial charge < -0.3 is 4.90 Å². The molecule has 1 amide bonds. The minimum atomic E-state index is 0.228. The Balaban J connectivity index is 1.79. The molecule has 1 aromatic carbocycles. The standard InChI is InChI=1S/C17H24N4OS/c1-4-21(5-2)15(22)7-6-12-23-17-18-16(19-20-17)14-10-8-13(3)9-11-14/h8-11H,4-7,12H2,1-3H3,(H,18,19,20). The third-order valence-electron chi connectivity index (χ3n) is 3.67. The van der Waals surface area contributed by atoms with Crippen molar-refractivity contribution in [1.29, 1.82) is 0 Å². The Morgan fingerprint density at radius 2 is 1.91 bits per heavy atom. The number of aryl methyl sites for hydroxylation is 1. The number of nitrogens with zero attached hydrogens (tertiary/aromatic N) is 3. The molecular weight excluding hydrogens is 308 g/mol. The van der Waals surface area contributed by atoms with Crippen molar-refractivity contribution in [2.45, 2.75) is 38.8 Å². The Kier molecular flexibility index (Phi) is 6.65. The van der Waals surface area contributed by atoms with Crippen LogP contribution in [-0.4, -0.2) is 44.8 Å². The molecule has 23 heavy (non-hydrogen) atoms. The molecule has 0 unspecified atom stereocenters. The molecule has 124 valence electrons. The molecule has 0 saturated carbocycles. The zero-order chi connectivity index (χ0) is 16.7. The number of benzene rings is 1. The molecule has 0 fully saturated rings. The largest absolute Gasteiger partial charge is 0.343 e. The smallest absolute Gasteiger partial charge is 0.222 e. The van der Waals surface area contributed by atoms with Crippen molar-refractivity contribution in [1.82, 2.24) is 20.1 Å². The summed E-state index contributed by atoms with van der Waals surface area (Å²) in [5.41, 5.74) is 2.26. The normalized spacial score (nSPS) is 10.7. The maximum absolute atomic E-state index is 11.9. The highest BCUT2D eigenvalue weighted by Gasteiger charge is 2.10. The number of amides is 1. The molecule has 1 heterocycles. The monoisotopic (exact) mass is 332 g/mol. The van der Waals surface area contributed by atoms with E-state index in [0.29, 0.717) is 6.42 Å². The summed E-state index contributed by atoms with van der Waals surface area (Å²) in [5, 5.41) is 7.93. The Morgan fingerprint density at radius 3 is 2.57 bits per heavy atom. The maximum atomic E-state index is 11.9. The van der Waals surface area contributed by atoms with E-state index in [4.69, 9.17) is 0 Å². The van der Waals surface area contributed by atoms with Gasteiger partial charge in [0.15, 0.2) is 5.82 Å². The van der Waals surface area contributed by atoms with Crippen molar-refractivity contribution < 1.29 is 4.79 Å². The summed E-state index contributed by atoms with van der Waals surface area (Å²) >= 11 is 1.58. The lowest BCUT2D eigenvalue weighted by Gasteiger charge is -2.18. The number of carbonyl (C=O) groups excluding carboxylic acids is 1. The molecule has 1 aromatic heterocycles. The molecule has 5 nitrogen and oxygen atoms in total. The summed E-state index contributed by atoms with van der Waals surface area (Å²) in [7, 11) is 0. The predicted octanol–water partition coefficient (Wildman–Crippen LogP) is 3.52. The minimum absolute atomic E-state index is 0.228. The third kappa shape index (κ3) is 5.10. The number of H-pyrrole nitrogens is 1. The summed E-state index contributed by atoms with van der Waals surface area (Å²) in [6.45, 7) is 7.64. The molecule has 2 aromatic rings. The van der Waals surface area contributed by atoms with Crippen LogP contribution in [-0.2, 0) is 4.79 Å². The number of hydrogen-bond donors (Lipinski definition) is 1. The van der Waals surface area contributed by atoms with Crippen LogP contribution < -0.4 is 0 Å². The number of thioether (sulfide) groups is 1. The van der Waals surface area contributed by atoms with Gasteiger partial charge in [-0.05, 0) is 27.2 Å². The summed E-state index contributed by atoms with van der Waals surface area (Å²) in [6, 6.07) is 8.19. The van der Waals surface area contributed by atoms with Gasteiger partial charge in [-0.15, -0.1) is 5.10 Å². The van der Waals surface area contributed by atoms with Crippen LogP contribution in [0.1, 0.15) is 32.3 Å². The Bertz CT molecular complexity index is 620. The van der Waals surface area contributed by atoms with Gasteiger partial charge in [0.1, 0.15) is 0 Å². The van der Waals surface area contributed by atoms with Gasteiger partial charge in [0.25, 0.3) is 0 Å². The lowest BCUT2D eigenvalue weighted by atomic mass is 10.1. The van der Waals surface area contributed by atoms with Crippen molar-refractivity contribution >= 4 is 17.7 Å². The van der Waals surface area contributed by atoms with E-state index in [2.05, 4.69) is 34.2 Å². The number of rotatable bonds is 8. The first-order chi connectivity index (χ1) is 11.1. The van der Waals surface area contributed by atoms with Crippen LogP contribution in [0.2, 0.25) is 0 Å². The Labute approximate surface area is 141 Å². The molecule has 0 saturated heterocycles. The highest BCUT2D eigenvalue weighted by molar-refractivity contribution is 7.99. The molecule has 1 N–H and O–H groups in total. The van der Waals surface area contributed by atoms with Crippen molar-refractivity contribution in [2.75, 3.05) is 18.8 Å². The van der Waals surface area contributed by atoms with E-state index in [0.717, 1.165) is 41.8 Å². The van der Waals surface area contributed by atoms with Crippen LogP contribution in [0, 0.1) is 6.92 Å². The lowest BCUT2D eigenvalue weighted by Crippen LogP contribution is -2.30. The van der Waals surface area contributed by atoms with E-state index >= 15 is 0 Å². The maximum Gasteiger partial charge on any atom is 0.222 e. The summed E-state index contributed by atoms with van der Waals surface area (Å²) in [5.74, 6) is 1.86. The highest BCUT2D eigenvalue weighted by atomic mass is 32.2. The van der Waals surface area contributed by atoms with Crippen molar-refractivity contribution in [3.63, 3.8) is 0 Å². The van der Waals surface area contributed by atoms with Crippen molar-refractivity contribution in [3.05, 3.63) is 29.8 Å². The number of hydrogen-bond acceptors (Lipinski definition) is 4. The summed E-state index contributed by atoms with van der Waals surface area (Å²) < 4.78 is 0. The van der Waals surface area contributed by atoms with Crippen LogP contribution >= 0.6 is 11.8 Å². The fourth-order valence-corrected chi connectivity index (χ4v) is 3.01. The van der Waals surface area contributed by atoms with Gasteiger partial charge in [0.2, 0.25) is 11.1 Å². The van der Waals surface area contributed by atoms with E-state index in [9.17, 15) is 4.79 Å². The van der Waals surface area contributed by atoms with E-state index in [-0.39, 0.29) is 5.91 Å². The molecule has 0 aliphatic heterocycles. The SMILES string of the molecule is CCN(CC)C(=O)CCCSc1n[nH]c(-c2ccc(C)cc2)n1. The summed E-state index contributed by atoms with van der Waals surface area (Å²) in [4.78, 5) is 18.3. The second-order valence-corrected chi connectivity index (χ2v) is 6.41. The van der Waals surface area contributed by atoms with E-state index in [1.54, 1.807) is 11.8 Å². The Hall–Kier alpha value is -1.82. The average Bonchev–Trinajstić information content (AvgIpc) is 3.02. The average molecular weight is 332 g/mol. The first-order valence-corrected chi connectivity index (χ1v) is 9.02. The molecular formula is C17H24N4OS. The molecule has 0 aliphatic carbocycles. The molecule has 6 heteroatoms. The van der Waals surface area contributed by atoms with Gasteiger partial charge >= 0.3 is 0 Å². The number of carbonyl (C=O) groups is 1. The van der Waals surface area contributed by atoms with Gasteiger partial charge in [-0.1, -0.05) is 41.6 Å².